The van der Waals surface area contributed by atoms with Crippen molar-refractivity contribution in [3.8, 4) is 0 Å². The SMILES string of the molecule is CCOCc1ccc(CNC(=O)Cc2ccc(C(=O)O)cc2)cc1. The first-order valence-electron chi connectivity index (χ1n) is 7.83. The minimum Gasteiger partial charge on any atom is -0.478 e. The van der Waals surface area contributed by atoms with E-state index in [0.717, 1.165) is 16.7 Å². The molecule has 24 heavy (non-hydrogen) atoms. The lowest BCUT2D eigenvalue weighted by molar-refractivity contribution is -0.120. The van der Waals surface area contributed by atoms with Crippen LogP contribution >= 0.6 is 0 Å². The van der Waals surface area contributed by atoms with Crippen LogP contribution in [0.4, 0.5) is 0 Å². The lowest BCUT2D eigenvalue weighted by Crippen LogP contribution is -2.24. The van der Waals surface area contributed by atoms with Crippen LogP contribution in [0.25, 0.3) is 0 Å². The van der Waals surface area contributed by atoms with E-state index in [4.69, 9.17) is 9.84 Å². The van der Waals surface area contributed by atoms with Gasteiger partial charge in [0.25, 0.3) is 0 Å². The van der Waals surface area contributed by atoms with Crippen LogP contribution < -0.4 is 5.32 Å². The third-order valence-corrected chi connectivity index (χ3v) is 3.55. The van der Waals surface area contributed by atoms with Crippen molar-refractivity contribution < 1.29 is 19.4 Å². The fourth-order valence-electron chi connectivity index (χ4n) is 2.19. The van der Waals surface area contributed by atoms with Gasteiger partial charge < -0.3 is 15.2 Å². The normalized spacial score (nSPS) is 10.4. The van der Waals surface area contributed by atoms with Crippen LogP contribution in [0, 0.1) is 0 Å². The minimum absolute atomic E-state index is 0.100. The highest BCUT2D eigenvalue weighted by atomic mass is 16.5. The number of ether oxygens (including phenoxy) is 1. The monoisotopic (exact) mass is 327 g/mol. The number of carboxylic acids is 1. The van der Waals surface area contributed by atoms with E-state index in [-0.39, 0.29) is 17.9 Å². The average Bonchev–Trinajstić information content (AvgIpc) is 2.59. The summed E-state index contributed by atoms with van der Waals surface area (Å²) in [6, 6.07) is 14.2. The molecule has 0 saturated heterocycles. The van der Waals surface area contributed by atoms with Gasteiger partial charge in [0.1, 0.15) is 0 Å². The molecule has 5 nitrogen and oxygen atoms in total. The molecule has 0 heterocycles. The van der Waals surface area contributed by atoms with Gasteiger partial charge in [0.2, 0.25) is 5.91 Å². The smallest absolute Gasteiger partial charge is 0.335 e. The Kier molecular flexibility index (Phi) is 6.51. The van der Waals surface area contributed by atoms with E-state index in [2.05, 4.69) is 5.32 Å². The van der Waals surface area contributed by atoms with Crippen LogP contribution in [0.1, 0.15) is 34.0 Å². The Morgan fingerprint density at radius 1 is 0.958 bits per heavy atom. The molecule has 0 saturated carbocycles. The van der Waals surface area contributed by atoms with E-state index in [0.29, 0.717) is 19.8 Å². The molecule has 0 aliphatic rings. The molecule has 0 fully saturated rings. The van der Waals surface area contributed by atoms with Crippen molar-refractivity contribution in [3.05, 3.63) is 70.8 Å². The second-order valence-corrected chi connectivity index (χ2v) is 5.41. The Bertz CT molecular complexity index is 678. The van der Waals surface area contributed by atoms with Gasteiger partial charge >= 0.3 is 5.97 Å². The van der Waals surface area contributed by atoms with Crippen molar-refractivity contribution in [1.82, 2.24) is 5.32 Å². The number of nitrogens with one attached hydrogen (secondary N) is 1. The number of amides is 1. The zero-order valence-electron chi connectivity index (χ0n) is 13.6. The van der Waals surface area contributed by atoms with Crippen molar-refractivity contribution in [3.63, 3.8) is 0 Å². The van der Waals surface area contributed by atoms with Crippen LogP contribution in [-0.4, -0.2) is 23.6 Å². The van der Waals surface area contributed by atoms with Gasteiger partial charge in [-0.2, -0.15) is 0 Å². The van der Waals surface area contributed by atoms with Crippen LogP contribution in [0.2, 0.25) is 0 Å². The van der Waals surface area contributed by atoms with Crippen molar-refractivity contribution in [2.75, 3.05) is 6.61 Å². The third kappa shape index (κ3) is 5.52. The summed E-state index contributed by atoms with van der Waals surface area (Å²) in [5.74, 6) is -1.07. The molecule has 0 spiro atoms. The maximum absolute atomic E-state index is 12.0. The maximum atomic E-state index is 12.0. The highest BCUT2D eigenvalue weighted by molar-refractivity contribution is 5.87. The summed E-state index contributed by atoms with van der Waals surface area (Å²) in [6.07, 6.45) is 0.225. The Morgan fingerprint density at radius 3 is 2.12 bits per heavy atom. The van der Waals surface area contributed by atoms with Crippen molar-refractivity contribution in [1.29, 1.82) is 0 Å². The highest BCUT2D eigenvalue weighted by Crippen LogP contribution is 2.07. The summed E-state index contributed by atoms with van der Waals surface area (Å²) >= 11 is 0. The van der Waals surface area contributed by atoms with Gasteiger partial charge in [-0.1, -0.05) is 36.4 Å². The van der Waals surface area contributed by atoms with E-state index in [9.17, 15) is 9.59 Å². The standard InChI is InChI=1S/C19H21NO4/c1-2-24-13-16-5-3-15(4-6-16)12-20-18(21)11-14-7-9-17(10-8-14)19(22)23/h3-10H,2,11-13H2,1H3,(H,20,21)(H,22,23). The van der Waals surface area contributed by atoms with Crippen molar-refractivity contribution in [2.24, 2.45) is 0 Å². The molecule has 0 bridgehead atoms. The topological polar surface area (TPSA) is 75.6 Å². The lowest BCUT2D eigenvalue weighted by Gasteiger charge is -2.07. The molecule has 0 aromatic heterocycles. The van der Waals surface area contributed by atoms with Gasteiger partial charge in [-0.3, -0.25) is 4.79 Å². The van der Waals surface area contributed by atoms with E-state index < -0.39 is 5.97 Å². The van der Waals surface area contributed by atoms with E-state index >= 15 is 0 Å². The molecule has 1 amide bonds. The largest absolute Gasteiger partial charge is 0.478 e. The summed E-state index contributed by atoms with van der Waals surface area (Å²) in [7, 11) is 0. The zero-order chi connectivity index (χ0) is 17.4. The van der Waals surface area contributed by atoms with Crippen molar-refractivity contribution in [2.45, 2.75) is 26.5 Å². The molecule has 2 N–H and O–H groups in total. The molecule has 0 radical (unpaired) electrons. The Hall–Kier alpha value is -2.66. The second-order valence-electron chi connectivity index (χ2n) is 5.41. The number of benzene rings is 2. The average molecular weight is 327 g/mol. The lowest BCUT2D eigenvalue weighted by atomic mass is 10.1. The number of rotatable bonds is 8. The molecule has 2 aromatic rings. The summed E-state index contributed by atoms with van der Waals surface area (Å²) in [5.41, 5.74) is 3.12. The number of carboxylic acid groups (broad SMARTS) is 1. The number of carbonyl (C=O) groups is 2. The molecular formula is C19H21NO4. The van der Waals surface area contributed by atoms with Crippen LogP contribution in [0.3, 0.4) is 0 Å². The second kappa shape index (κ2) is 8.84. The summed E-state index contributed by atoms with van der Waals surface area (Å²) in [4.78, 5) is 22.8. The van der Waals surface area contributed by atoms with Crippen LogP contribution in [0.15, 0.2) is 48.5 Å². The molecule has 5 heteroatoms. The Labute approximate surface area is 141 Å². The fourth-order valence-corrected chi connectivity index (χ4v) is 2.19. The summed E-state index contributed by atoms with van der Waals surface area (Å²) in [5, 5.41) is 11.7. The molecule has 126 valence electrons. The Balaban J connectivity index is 1.81. The number of aromatic carboxylic acids is 1. The van der Waals surface area contributed by atoms with Gasteiger partial charge in [0, 0.05) is 13.2 Å². The van der Waals surface area contributed by atoms with Crippen molar-refractivity contribution >= 4 is 11.9 Å². The highest BCUT2D eigenvalue weighted by Gasteiger charge is 2.06. The molecule has 0 atom stereocenters. The number of hydrogen-bond donors (Lipinski definition) is 2. The fraction of sp³-hybridized carbons (Fsp3) is 0.263. The first kappa shape index (κ1) is 17.7. The summed E-state index contributed by atoms with van der Waals surface area (Å²) in [6.45, 7) is 3.70. The third-order valence-electron chi connectivity index (χ3n) is 3.55. The van der Waals surface area contributed by atoms with Gasteiger partial charge in [0.05, 0.1) is 18.6 Å². The predicted octanol–water partition coefficient (Wildman–Crippen LogP) is 2.78. The minimum atomic E-state index is -0.973. The molecule has 0 aliphatic carbocycles. The number of hydrogen-bond acceptors (Lipinski definition) is 3. The van der Waals surface area contributed by atoms with Gasteiger partial charge in [0.15, 0.2) is 0 Å². The molecule has 0 unspecified atom stereocenters. The summed E-state index contributed by atoms with van der Waals surface area (Å²) < 4.78 is 5.34. The quantitative estimate of drug-likeness (QED) is 0.782. The van der Waals surface area contributed by atoms with Gasteiger partial charge in [-0.05, 0) is 35.7 Å². The van der Waals surface area contributed by atoms with Gasteiger partial charge in [-0.15, -0.1) is 0 Å². The first-order valence-corrected chi connectivity index (χ1v) is 7.83. The van der Waals surface area contributed by atoms with Gasteiger partial charge in [-0.25, -0.2) is 4.79 Å². The maximum Gasteiger partial charge on any atom is 0.335 e. The van der Waals surface area contributed by atoms with E-state index in [1.165, 1.54) is 12.1 Å². The van der Waals surface area contributed by atoms with Crippen LogP contribution in [0.5, 0.6) is 0 Å². The predicted molar refractivity (Wildman–Crippen MR) is 90.7 cm³/mol. The van der Waals surface area contributed by atoms with E-state index in [1.807, 2.05) is 31.2 Å². The molecular weight excluding hydrogens is 306 g/mol. The molecule has 2 rings (SSSR count). The molecule has 2 aromatic carbocycles. The Morgan fingerprint density at radius 2 is 1.54 bits per heavy atom. The number of carbonyl (C=O) groups excluding carboxylic acids is 1. The first-order chi connectivity index (χ1) is 11.6. The van der Waals surface area contributed by atoms with Crippen LogP contribution in [-0.2, 0) is 29.1 Å². The zero-order valence-corrected chi connectivity index (χ0v) is 13.6. The molecule has 0 aliphatic heterocycles. The van der Waals surface area contributed by atoms with E-state index in [1.54, 1.807) is 12.1 Å².